The highest BCUT2D eigenvalue weighted by Crippen LogP contribution is 2.33. The van der Waals surface area contributed by atoms with E-state index in [1.165, 1.54) is 74.7 Å². The van der Waals surface area contributed by atoms with Crippen LogP contribution in [0.15, 0.2) is 47.4 Å². The molecular formula is C21H32S. The lowest BCUT2D eigenvalue weighted by Crippen LogP contribution is -2.07. The van der Waals surface area contributed by atoms with Gasteiger partial charge in [-0.1, -0.05) is 68.9 Å². The molecule has 0 aliphatic heterocycles. The van der Waals surface area contributed by atoms with Crippen LogP contribution in [0.5, 0.6) is 0 Å². The first-order valence-electron chi connectivity index (χ1n) is 9.13. The Kier molecular flexibility index (Phi) is 8.15. The van der Waals surface area contributed by atoms with Gasteiger partial charge in [0.15, 0.2) is 0 Å². The van der Waals surface area contributed by atoms with Crippen molar-refractivity contribution in [2.75, 3.05) is 0 Å². The Morgan fingerprint density at radius 2 is 1.41 bits per heavy atom. The maximum absolute atomic E-state index is 3.98. The smallest absolute Gasteiger partial charge is 0.00944 e. The number of allylic oxidation sites excluding steroid dienone is 1. The molecule has 3 rings (SSSR count). The first-order chi connectivity index (χ1) is 10.8. The van der Waals surface area contributed by atoms with Crippen LogP contribution < -0.4 is 0 Å². The minimum absolute atomic E-state index is 0.860. The average molecular weight is 317 g/mol. The number of thioether (sulfide) groups is 1. The molecule has 1 heteroatoms. The third kappa shape index (κ3) is 6.60. The van der Waals surface area contributed by atoms with E-state index in [1.807, 2.05) is 0 Å². The summed E-state index contributed by atoms with van der Waals surface area (Å²) in [6.45, 7) is 6.14. The van der Waals surface area contributed by atoms with Gasteiger partial charge in [0.2, 0.25) is 0 Å². The largest absolute Gasteiger partial charge is 0.123 e. The highest BCUT2D eigenvalue weighted by Gasteiger charge is 2.14. The minimum atomic E-state index is 0.860. The highest BCUT2D eigenvalue weighted by atomic mass is 32.2. The van der Waals surface area contributed by atoms with Gasteiger partial charge < -0.3 is 0 Å². The second-order valence-electron chi connectivity index (χ2n) is 6.87. The van der Waals surface area contributed by atoms with Gasteiger partial charge >= 0.3 is 0 Å². The Bertz CT molecular complexity index is 411. The lowest BCUT2D eigenvalue weighted by molar-refractivity contribution is 0.404. The Morgan fingerprint density at radius 1 is 0.864 bits per heavy atom. The quantitative estimate of drug-likeness (QED) is 0.529. The zero-order valence-corrected chi connectivity index (χ0v) is 15.0. The maximum Gasteiger partial charge on any atom is 0.00944 e. The molecule has 0 amide bonds. The normalized spacial score (nSPS) is 20.0. The van der Waals surface area contributed by atoms with Crippen molar-refractivity contribution in [3.63, 3.8) is 0 Å². The molecule has 0 atom stereocenters. The molecule has 1 aromatic rings. The molecule has 2 aliphatic rings. The van der Waals surface area contributed by atoms with Gasteiger partial charge in [-0.2, -0.15) is 0 Å². The topological polar surface area (TPSA) is 0 Å². The van der Waals surface area contributed by atoms with Crippen LogP contribution in [0.3, 0.4) is 0 Å². The fourth-order valence-electron chi connectivity index (χ4n) is 3.47. The number of hydrogen-bond donors (Lipinski definition) is 0. The summed E-state index contributed by atoms with van der Waals surface area (Å²) in [5.74, 6) is 0.860. The second kappa shape index (κ2) is 10.2. The third-order valence-corrected chi connectivity index (χ3v) is 6.25. The zero-order valence-electron chi connectivity index (χ0n) is 14.2. The molecule has 0 aromatic heterocycles. The molecular weight excluding hydrogens is 284 g/mol. The van der Waals surface area contributed by atoms with Crippen LogP contribution in [-0.4, -0.2) is 5.25 Å². The summed E-state index contributed by atoms with van der Waals surface area (Å²) >= 11 is 2.06. The lowest BCUT2D eigenvalue weighted by Gasteiger charge is -2.21. The van der Waals surface area contributed by atoms with Crippen molar-refractivity contribution in [3.8, 4) is 0 Å². The predicted octanol–water partition coefficient (Wildman–Crippen LogP) is 7.25. The van der Waals surface area contributed by atoms with Crippen LogP contribution in [-0.2, 0) is 0 Å². The van der Waals surface area contributed by atoms with Gasteiger partial charge in [0.1, 0.15) is 0 Å². The monoisotopic (exact) mass is 316 g/mol. The van der Waals surface area contributed by atoms with Gasteiger partial charge in [0, 0.05) is 10.1 Å². The molecule has 2 saturated carbocycles. The molecule has 0 N–H and O–H groups in total. The van der Waals surface area contributed by atoms with Gasteiger partial charge in [-0.15, -0.1) is 11.8 Å². The van der Waals surface area contributed by atoms with Gasteiger partial charge in [0.05, 0.1) is 0 Å². The number of rotatable bonds is 3. The SMILES string of the molecule is C=C(C)C1CCCCC1.c1ccc(SC2CCCCC2)cc1. The Balaban J connectivity index is 0.000000172. The van der Waals surface area contributed by atoms with E-state index < -0.39 is 0 Å². The molecule has 0 unspecified atom stereocenters. The summed E-state index contributed by atoms with van der Waals surface area (Å²) in [7, 11) is 0. The molecule has 0 heterocycles. The van der Waals surface area contributed by atoms with Crippen LogP contribution in [0.1, 0.15) is 71.1 Å². The first kappa shape index (κ1) is 17.7. The van der Waals surface area contributed by atoms with E-state index in [2.05, 4.69) is 55.6 Å². The van der Waals surface area contributed by atoms with Crippen molar-refractivity contribution in [1.29, 1.82) is 0 Å². The predicted molar refractivity (Wildman–Crippen MR) is 101 cm³/mol. The standard InChI is InChI=1S/C12H16S.C9H16/c1-3-7-11(8-4-1)13-12-9-5-2-6-10-12;1-8(2)9-6-4-3-5-7-9/h1,3-4,7-8,12H,2,5-6,9-10H2;9H,1,3-7H2,2H3. The van der Waals surface area contributed by atoms with Crippen molar-refractivity contribution >= 4 is 11.8 Å². The lowest BCUT2D eigenvalue weighted by atomic mass is 9.85. The summed E-state index contributed by atoms with van der Waals surface area (Å²) in [4.78, 5) is 1.44. The molecule has 0 nitrogen and oxygen atoms in total. The molecule has 0 spiro atoms. The van der Waals surface area contributed by atoms with Crippen molar-refractivity contribution in [2.45, 2.75) is 81.3 Å². The van der Waals surface area contributed by atoms with Crippen LogP contribution in [0.2, 0.25) is 0 Å². The molecule has 0 radical (unpaired) electrons. The average Bonchev–Trinajstić information content (AvgIpc) is 2.58. The van der Waals surface area contributed by atoms with E-state index in [-0.39, 0.29) is 0 Å². The second-order valence-corrected chi connectivity index (χ2v) is 8.25. The van der Waals surface area contributed by atoms with Crippen molar-refractivity contribution in [1.82, 2.24) is 0 Å². The summed E-state index contributed by atoms with van der Waals surface area (Å²) in [6, 6.07) is 10.8. The van der Waals surface area contributed by atoms with E-state index >= 15 is 0 Å². The zero-order chi connectivity index (χ0) is 15.6. The summed E-state index contributed by atoms with van der Waals surface area (Å²) in [6.07, 6.45) is 14.3. The summed E-state index contributed by atoms with van der Waals surface area (Å²) in [5, 5.41) is 0.885. The Labute approximate surface area is 141 Å². The van der Waals surface area contributed by atoms with Crippen molar-refractivity contribution in [3.05, 3.63) is 42.5 Å². The highest BCUT2D eigenvalue weighted by molar-refractivity contribution is 8.00. The number of benzene rings is 1. The first-order valence-corrected chi connectivity index (χ1v) is 10.0. The van der Waals surface area contributed by atoms with E-state index in [9.17, 15) is 0 Å². The maximum atomic E-state index is 3.98. The van der Waals surface area contributed by atoms with E-state index in [1.54, 1.807) is 0 Å². The van der Waals surface area contributed by atoms with Crippen molar-refractivity contribution in [2.24, 2.45) is 5.92 Å². The third-order valence-electron chi connectivity index (χ3n) is 4.90. The molecule has 122 valence electrons. The van der Waals surface area contributed by atoms with Crippen molar-refractivity contribution < 1.29 is 0 Å². The van der Waals surface area contributed by atoms with Gasteiger partial charge in [-0.25, -0.2) is 0 Å². The summed E-state index contributed by atoms with van der Waals surface area (Å²) in [5.41, 5.74) is 1.40. The van der Waals surface area contributed by atoms with E-state index in [0.29, 0.717) is 0 Å². The van der Waals surface area contributed by atoms with Crippen LogP contribution in [0, 0.1) is 5.92 Å². The molecule has 0 saturated heterocycles. The fraction of sp³-hybridized carbons (Fsp3) is 0.619. The summed E-state index contributed by atoms with van der Waals surface area (Å²) < 4.78 is 0. The van der Waals surface area contributed by atoms with E-state index in [4.69, 9.17) is 0 Å². The molecule has 2 fully saturated rings. The van der Waals surface area contributed by atoms with Crippen LogP contribution in [0.4, 0.5) is 0 Å². The van der Waals surface area contributed by atoms with Crippen LogP contribution in [0.25, 0.3) is 0 Å². The van der Waals surface area contributed by atoms with Gasteiger partial charge in [-0.05, 0) is 50.7 Å². The Hall–Kier alpha value is -0.690. The fourth-order valence-corrected chi connectivity index (χ4v) is 4.74. The molecule has 0 bridgehead atoms. The Morgan fingerprint density at radius 3 is 1.91 bits per heavy atom. The van der Waals surface area contributed by atoms with E-state index in [0.717, 1.165) is 11.2 Å². The van der Waals surface area contributed by atoms with Gasteiger partial charge in [-0.3, -0.25) is 0 Å². The molecule has 2 aliphatic carbocycles. The van der Waals surface area contributed by atoms with Gasteiger partial charge in [0.25, 0.3) is 0 Å². The number of hydrogen-bond acceptors (Lipinski definition) is 1. The van der Waals surface area contributed by atoms with Crippen LogP contribution >= 0.6 is 11.8 Å². The molecule has 1 aromatic carbocycles. The molecule has 22 heavy (non-hydrogen) atoms. The minimum Gasteiger partial charge on any atom is -0.123 e.